The lowest BCUT2D eigenvalue weighted by Gasteiger charge is -2.19. The molecule has 8 heteroatoms. The number of methoxy groups -OCH3 is 2. The topological polar surface area (TPSA) is 103 Å². The normalized spacial score (nSPS) is 13.5. The van der Waals surface area contributed by atoms with Crippen LogP contribution in [0.25, 0.3) is 11.3 Å². The van der Waals surface area contributed by atoms with Gasteiger partial charge in [0.1, 0.15) is 23.0 Å². The number of hydrogen-bond donors (Lipinski definition) is 2. The zero-order chi connectivity index (χ0) is 26.3. The van der Waals surface area contributed by atoms with Crippen LogP contribution in [0.15, 0.2) is 18.2 Å². The van der Waals surface area contributed by atoms with Gasteiger partial charge in [-0.25, -0.2) is 0 Å². The number of nitrogens with zero attached hydrogens (tertiary/aromatic N) is 2. The van der Waals surface area contributed by atoms with Gasteiger partial charge in [0, 0.05) is 30.7 Å². The van der Waals surface area contributed by atoms with E-state index in [1.807, 2.05) is 13.0 Å². The van der Waals surface area contributed by atoms with E-state index in [9.17, 15) is 9.90 Å². The number of carbonyl (C=O) groups excluding carboxylic acids is 1. The molecule has 1 aromatic carbocycles. The van der Waals surface area contributed by atoms with Gasteiger partial charge < -0.3 is 24.6 Å². The fraction of sp³-hybridized carbons (Fsp3) is 0.607. The molecule has 36 heavy (non-hydrogen) atoms. The van der Waals surface area contributed by atoms with Crippen molar-refractivity contribution in [2.75, 3.05) is 26.1 Å². The van der Waals surface area contributed by atoms with Crippen LogP contribution in [-0.2, 0) is 27.3 Å². The second-order valence-corrected chi connectivity index (χ2v) is 9.01. The highest BCUT2D eigenvalue weighted by Crippen LogP contribution is 2.38. The molecule has 1 atom stereocenters. The van der Waals surface area contributed by atoms with Crippen molar-refractivity contribution in [2.45, 2.75) is 91.2 Å². The summed E-state index contributed by atoms with van der Waals surface area (Å²) in [5.41, 5.74) is 3.37. The van der Waals surface area contributed by atoms with E-state index >= 15 is 0 Å². The number of benzene rings is 1. The van der Waals surface area contributed by atoms with Crippen LogP contribution >= 0.6 is 0 Å². The molecule has 1 aromatic heterocycles. The predicted octanol–water partition coefficient (Wildman–Crippen LogP) is 6.05. The van der Waals surface area contributed by atoms with Crippen LogP contribution in [0.4, 0.5) is 5.82 Å². The zero-order valence-corrected chi connectivity index (χ0v) is 22.6. The van der Waals surface area contributed by atoms with E-state index in [0.717, 1.165) is 54.7 Å². The molecule has 0 saturated carbocycles. The zero-order valence-electron chi connectivity index (χ0n) is 22.6. The van der Waals surface area contributed by atoms with E-state index in [1.165, 1.54) is 26.4 Å². The van der Waals surface area contributed by atoms with Gasteiger partial charge in [-0.1, -0.05) is 40.0 Å². The minimum absolute atomic E-state index is 0.123. The predicted molar refractivity (Wildman–Crippen MR) is 142 cm³/mol. The van der Waals surface area contributed by atoms with E-state index in [4.69, 9.17) is 9.47 Å². The molecule has 0 saturated heterocycles. The Hall–Kier alpha value is -2.87. The Morgan fingerprint density at radius 1 is 1.11 bits per heavy atom. The maximum atomic E-state index is 10.7. The van der Waals surface area contributed by atoms with Gasteiger partial charge in [-0.05, 0) is 55.4 Å². The fourth-order valence-corrected chi connectivity index (χ4v) is 4.15. The van der Waals surface area contributed by atoms with Crippen molar-refractivity contribution in [1.82, 2.24) is 10.2 Å². The third-order valence-corrected chi connectivity index (χ3v) is 6.19. The summed E-state index contributed by atoms with van der Waals surface area (Å²) in [5, 5.41) is 23.2. The summed E-state index contributed by atoms with van der Waals surface area (Å²) in [4.78, 5) is 10.2. The molecule has 1 aliphatic heterocycles. The second-order valence-electron chi connectivity index (χ2n) is 9.01. The summed E-state index contributed by atoms with van der Waals surface area (Å²) in [6, 6.07) is 6.01. The number of unbranched alkanes of at least 4 members (excludes halogenated alkanes) is 2. The molecule has 0 amide bonds. The number of rotatable bonds is 10. The molecule has 0 fully saturated rings. The lowest BCUT2D eigenvalue weighted by Crippen LogP contribution is -2.19. The van der Waals surface area contributed by atoms with Crippen molar-refractivity contribution in [1.29, 1.82) is 0 Å². The van der Waals surface area contributed by atoms with Crippen molar-refractivity contribution in [3.8, 4) is 22.8 Å². The molecule has 3 rings (SSSR count). The Balaban J connectivity index is 0.000000572. The van der Waals surface area contributed by atoms with Gasteiger partial charge in [-0.15, -0.1) is 10.2 Å². The maximum Gasteiger partial charge on any atom is 0.305 e. The molecule has 0 bridgehead atoms. The lowest BCUT2D eigenvalue weighted by atomic mass is 9.97. The van der Waals surface area contributed by atoms with Crippen LogP contribution in [-0.4, -0.2) is 48.1 Å². The van der Waals surface area contributed by atoms with Gasteiger partial charge in [0.15, 0.2) is 0 Å². The van der Waals surface area contributed by atoms with E-state index in [1.54, 1.807) is 13.2 Å². The third-order valence-electron chi connectivity index (χ3n) is 6.19. The number of aromatic nitrogens is 2. The van der Waals surface area contributed by atoms with E-state index in [2.05, 4.69) is 40.2 Å². The first-order chi connectivity index (χ1) is 17.5. The van der Waals surface area contributed by atoms with Crippen molar-refractivity contribution < 1.29 is 24.1 Å². The molecule has 2 aromatic rings. The first-order valence-corrected chi connectivity index (χ1v) is 13.1. The highest BCUT2D eigenvalue weighted by atomic mass is 16.5. The van der Waals surface area contributed by atoms with Crippen LogP contribution in [0.1, 0.15) is 83.3 Å². The van der Waals surface area contributed by atoms with Crippen molar-refractivity contribution in [2.24, 2.45) is 0 Å². The summed E-state index contributed by atoms with van der Waals surface area (Å²) >= 11 is 0. The van der Waals surface area contributed by atoms with Crippen LogP contribution < -0.4 is 10.1 Å². The van der Waals surface area contributed by atoms with E-state index < -0.39 is 0 Å². The average Bonchev–Trinajstić information content (AvgIpc) is 2.97. The van der Waals surface area contributed by atoms with Gasteiger partial charge in [0.05, 0.1) is 20.8 Å². The lowest BCUT2D eigenvalue weighted by molar-refractivity contribution is -0.140. The summed E-state index contributed by atoms with van der Waals surface area (Å²) in [7, 11) is 2.99. The molecule has 0 radical (unpaired) electrons. The molecule has 1 unspecified atom stereocenters. The van der Waals surface area contributed by atoms with E-state index in [0.29, 0.717) is 37.0 Å². The standard InChI is InChI=1S/C23H33N3O3.C5H10O2/c1-4-6-7-10-18(5-2)24-21-13-16-9-8-11-29-15-17-12-19(28-3)14-20(27)22(17)23(16)26-25-21;1-3-4-5(6)7-2/h12-14,18,27H,4-11,15H2,1-3H3,(H,24,25);3-4H2,1-2H3. The van der Waals surface area contributed by atoms with Gasteiger partial charge in [-0.2, -0.15) is 0 Å². The molecule has 200 valence electrons. The highest BCUT2D eigenvalue weighted by molar-refractivity contribution is 5.75. The van der Waals surface area contributed by atoms with Gasteiger partial charge in [0.2, 0.25) is 0 Å². The van der Waals surface area contributed by atoms with Crippen LogP contribution in [0, 0.1) is 0 Å². The number of aromatic hydroxyl groups is 1. The number of hydrogen-bond acceptors (Lipinski definition) is 8. The molecule has 0 spiro atoms. The van der Waals surface area contributed by atoms with Crippen LogP contribution in [0.5, 0.6) is 11.5 Å². The Morgan fingerprint density at radius 3 is 2.56 bits per heavy atom. The number of esters is 1. The molecular weight excluding hydrogens is 458 g/mol. The van der Waals surface area contributed by atoms with Gasteiger partial charge in [-0.3, -0.25) is 4.79 Å². The summed E-state index contributed by atoms with van der Waals surface area (Å²) in [6.07, 6.45) is 9.04. The summed E-state index contributed by atoms with van der Waals surface area (Å²) < 4.78 is 15.5. The van der Waals surface area contributed by atoms with Crippen molar-refractivity contribution >= 4 is 11.8 Å². The second kappa shape index (κ2) is 16.0. The molecular formula is C28H43N3O5. The number of anilines is 1. The molecule has 8 nitrogen and oxygen atoms in total. The van der Waals surface area contributed by atoms with E-state index in [-0.39, 0.29) is 11.7 Å². The molecule has 2 heterocycles. The largest absolute Gasteiger partial charge is 0.507 e. The van der Waals surface area contributed by atoms with Crippen LogP contribution in [0.3, 0.4) is 0 Å². The molecule has 2 N–H and O–H groups in total. The Labute approximate surface area is 215 Å². The number of nitrogens with one attached hydrogen (secondary N) is 1. The summed E-state index contributed by atoms with van der Waals surface area (Å²) in [6.45, 7) is 7.45. The SMILES string of the molecule is CCCC(=O)OC.CCCCCC(CC)Nc1cc2c(nn1)-c1c(O)cc(OC)cc1COCCC2. The quantitative estimate of drug-likeness (QED) is 0.299. The van der Waals surface area contributed by atoms with Crippen molar-refractivity contribution in [3.05, 3.63) is 29.3 Å². The number of phenolic OH excluding ortho intramolecular Hbond substituents is 1. The van der Waals surface area contributed by atoms with Crippen LogP contribution in [0.2, 0.25) is 0 Å². The summed E-state index contributed by atoms with van der Waals surface area (Å²) in [5.74, 6) is 1.44. The first kappa shape index (κ1) is 29.4. The van der Waals surface area contributed by atoms with Crippen molar-refractivity contribution in [3.63, 3.8) is 0 Å². The van der Waals surface area contributed by atoms with Gasteiger partial charge in [0.25, 0.3) is 0 Å². The molecule has 0 aliphatic carbocycles. The number of ether oxygens (including phenoxy) is 3. The Kier molecular flexibility index (Phi) is 13.0. The number of phenols is 1. The monoisotopic (exact) mass is 501 g/mol. The highest BCUT2D eigenvalue weighted by Gasteiger charge is 2.21. The smallest absolute Gasteiger partial charge is 0.305 e. The maximum absolute atomic E-state index is 10.7. The van der Waals surface area contributed by atoms with Gasteiger partial charge >= 0.3 is 5.97 Å². The Morgan fingerprint density at radius 2 is 1.92 bits per heavy atom. The molecule has 1 aliphatic rings. The Bertz CT molecular complexity index is 951. The minimum atomic E-state index is -0.123. The minimum Gasteiger partial charge on any atom is -0.507 e. The third kappa shape index (κ3) is 8.97. The fourth-order valence-electron chi connectivity index (χ4n) is 4.15. The first-order valence-electron chi connectivity index (χ1n) is 13.1. The number of fused-ring (bicyclic) bond motifs is 3. The number of aryl methyl sites for hydroxylation is 1. The number of carbonyl (C=O) groups is 1. The average molecular weight is 502 g/mol.